The summed E-state index contributed by atoms with van der Waals surface area (Å²) in [6, 6.07) is 9.41. The molecule has 1 aromatic carbocycles. The van der Waals surface area contributed by atoms with E-state index in [-0.39, 0.29) is 68.1 Å². The molecule has 2 unspecified atom stereocenters. The summed E-state index contributed by atoms with van der Waals surface area (Å²) in [5.74, 6) is -0.732. The van der Waals surface area contributed by atoms with Crippen molar-refractivity contribution >= 4 is 29.7 Å². The minimum absolute atomic E-state index is 0.0253. The number of carboxylic acid groups (broad SMARTS) is 1. The zero-order chi connectivity index (χ0) is 32.9. The van der Waals surface area contributed by atoms with Crippen molar-refractivity contribution in [2.45, 2.75) is 75.9 Å². The van der Waals surface area contributed by atoms with E-state index in [0.29, 0.717) is 31.0 Å². The molecule has 3 N–H and O–H groups in total. The Morgan fingerprint density at radius 2 is 1.60 bits per heavy atom. The molecule has 2 saturated carbocycles. The molecule has 4 aliphatic rings. The van der Waals surface area contributed by atoms with Crippen LogP contribution in [0.25, 0.3) is 5.69 Å². The van der Waals surface area contributed by atoms with Crippen LogP contribution in [-0.2, 0) is 14.4 Å². The molecule has 2 aliphatic carbocycles. The predicted molar refractivity (Wildman–Crippen MR) is 169 cm³/mol. The minimum Gasteiger partial charge on any atom is -0.467 e. The number of carbonyl (C=O) groups is 5. The summed E-state index contributed by atoms with van der Waals surface area (Å²) in [6.45, 7) is 1.09. The van der Waals surface area contributed by atoms with Crippen LogP contribution in [0.2, 0.25) is 0 Å². The monoisotopic (exact) mass is 649 g/mol. The molecule has 2 saturated heterocycles. The zero-order valence-electron chi connectivity index (χ0n) is 26.5. The first kappa shape index (κ1) is 32.3. The van der Waals surface area contributed by atoms with Crippen molar-refractivity contribution in [1.82, 2.24) is 35.1 Å². The van der Waals surface area contributed by atoms with Crippen LogP contribution < -0.4 is 15.4 Å². The van der Waals surface area contributed by atoms with Gasteiger partial charge in [0.15, 0.2) is 12.3 Å². The lowest BCUT2D eigenvalue weighted by Crippen LogP contribution is -2.56. The Hall–Kier alpha value is -4.62. The highest BCUT2D eigenvalue weighted by Gasteiger charge is 2.37. The molecule has 4 fully saturated rings. The van der Waals surface area contributed by atoms with E-state index >= 15 is 0 Å². The van der Waals surface area contributed by atoms with Gasteiger partial charge in [0.2, 0.25) is 17.7 Å². The molecule has 1 aromatic heterocycles. The fourth-order valence-electron chi connectivity index (χ4n) is 6.59. The molecular weight excluding hydrogens is 606 g/mol. The molecule has 2 aromatic rings. The molecule has 6 rings (SSSR count). The highest BCUT2D eigenvalue weighted by Crippen LogP contribution is 2.31. The normalized spacial score (nSPS) is 20.6. The van der Waals surface area contributed by atoms with Crippen molar-refractivity contribution < 1.29 is 33.8 Å². The number of piperazine rings is 1. The lowest BCUT2D eigenvalue weighted by molar-refractivity contribution is -0.140. The SMILES string of the molecule is O=C(NC(CC1CCC1)C(=O)N1CCN(C(=O)O)CC1)c1cc(OCC(=O)N2CCCC2C(=O)NC2CCC2)n(-c2ccccc2)n1. The number of carbonyl (C=O) groups excluding carboxylic acids is 4. The third-order valence-electron chi connectivity index (χ3n) is 9.84. The Bertz CT molecular complexity index is 1460. The quantitative estimate of drug-likeness (QED) is 0.333. The summed E-state index contributed by atoms with van der Waals surface area (Å²) in [5, 5.41) is 19.7. The maximum Gasteiger partial charge on any atom is 0.407 e. The van der Waals surface area contributed by atoms with E-state index in [4.69, 9.17) is 4.74 Å². The fraction of sp³-hybridized carbons (Fsp3) is 0.576. The molecule has 2 atom stereocenters. The number of rotatable bonds is 11. The van der Waals surface area contributed by atoms with Crippen molar-refractivity contribution in [2.75, 3.05) is 39.3 Å². The van der Waals surface area contributed by atoms with Gasteiger partial charge in [0.1, 0.15) is 12.1 Å². The molecule has 3 heterocycles. The van der Waals surface area contributed by atoms with Gasteiger partial charge in [-0.15, -0.1) is 0 Å². The molecule has 5 amide bonds. The number of benzene rings is 1. The van der Waals surface area contributed by atoms with Crippen molar-refractivity contribution in [3.63, 3.8) is 0 Å². The number of aromatic nitrogens is 2. The van der Waals surface area contributed by atoms with Crippen LogP contribution in [0.15, 0.2) is 36.4 Å². The van der Waals surface area contributed by atoms with Crippen LogP contribution in [0, 0.1) is 5.92 Å². The summed E-state index contributed by atoms with van der Waals surface area (Å²) < 4.78 is 7.42. The van der Waals surface area contributed by atoms with E-state index in [1.165, 1.54) is 15.6 Å². The topological polar surface area (TPSA) is 166 Å². The lowest BCUT2D eigenvalue weighted by atomic mass is 9.80. The Kier molecular flexibility index (Phi) is 9.92. The average molecular weight is 650 g/mol. The molecule has 0 bridgehead atoms. The van der Waals surface area contributed by atoms with E-state index in [0.717, 1.165) is 44.9 Å². The number of nitrogens with one attached hydrogen (secondary N) is 2. The Balaban J connectivity index is 1.15. The van der Waals surface area contributed by atoms with Crippen LogP contribution in [0.3, 0.4) is 0 Å². The van der Waals surface area contributed by atoms with Crippen LogP contribution in [0.1, 0.15) is 68.3 Å². The molecular formula is C33H43N7O7. The van der Waals surface area contributed by atoms with Gasteiger partial charge in [-0.25, -0.2) is 9.48 Å². The Morgan fingerprint density at radius 3 is 2.23 bits per heavy atom. The van der Waals surface area contributed by atoms with E-state index in [1.54, 1.807) is 21.9 Å². The number of hydrogen-bond donors (Lipinski definition) is 3. The second kappa shape index (κ2) is 14.4. The van der Waals surface area contributed by atoms with Crippen LogP contribution in [-0.4, -0.2) is 117 Å². The largest absolute Gasteiger partial charge is 0.467 e. The van der Waals surface area contributed by atoms with Gasteiger partial charge in [-0.3, -0.25) is 19.2 Å². The number of nitrogens with zero attached hydrogens (tertiary/aromatic N) is 5. The van der Waals surface area contributed by atoms with Crippen molar-refractivity contribution in [3.05, 3.63) is 42.1 Å². The molecule has 14 heteroatoms. The van der Waals surface area contributed by atoms with Crippen molar-refractivity contribution in [3.8, 4) is 11.6 Å². The summed E-state index contributed by atoms with van der Waals surface area (Å²) >= 11 is 0. The number of amides is 5. The number of ether oxygens (including phenoxy) is 1. The van der Waals surface area contributed by atoms with E-state index in [1.807, 2.05) is 18.2 Å². The summed E-state index contributed by atoms with van der Waals surface area (Å²) in [5.41, 5.74) is 0.642. The fourth-order valence-corrected chi connectivity index (χ4v) is 6.59. The summed E-state index contributed by atoms with van der Waals surface area (Å²) in [6.07, 6.45) is 6.91. The summed E-state index contributed by atoms with van der Waals surface area (Å²) in [4.78, 5) is 69.2. The number of likely N-dealkylation sites (tertiary alicyclic amines) is 1. The maximum absolute atomic E-state index is 13.6. The number of para-hydroxylation sites is 1. The van der Waals surface area contributed by atoms with E-state index < -0.39 is 24.1 Å². The maximum atomic E-state index is 13.6. The first-order chi connectivity index (χ1) is 22.8. The third kappa shape index (κ3) is 7.52. The smallest absolute Gasteiger partial charge is 0.407 e. The molecule has 2 aliphatic heterocycles. The Labute approximate surface area is 273 Å². The van der Waals surface area contributed by atoms with Gasteiger partial charge in [0.25, 0.3) is 11.8 Å². The van der Waals surface area contributed by atoms with Crippen LogP contribution in [0.5, 0.6) is 5.88 Å². The van der Waals surface area contributed by atoms with Gasteiger partial charge in [-0.05, 0) is 56.6 Å². The van der Waals surface area contributed by atoms with Gasteiger partial charge in [-0.2, -0.15) is 5.10 Å². The molecule has 252 valence electrons. The molecule has 47 heavy (non-hydrogen) atoms. The highest BCUT2D eigenvalue weighted by atomic mass is 16.5. The van der Waals surface area contributed by atoms with E-state index in [9.17, 15) is 29.1 Å². The standard InChI is InChI=1S/C33H43N7O7/c41-28(39-14-6-13-27(39)31(43)34-23-9-5-10-23)21-47-29-20-25(36-40(29)24-11-2-1-3-12-24)30(42)35-26(19-22-7-4-8-22)32(44)37-15-17-38(18-16-37)33(45)46/h1-3,11-12,20,22-23,26-27H,4-10,13-19,21H2,(H,34,43)(H,35,42)(H,45,46). The van der Waals surface area contributed by atoms with Crippen molar-refractivity contribution in [1.29, 1.82) is 0 Å². The first-order valence-electron chi connectivity index (χ1n) is 16.7. The van der Waals surface area contributed by atoms with Crippen molar-refractivity contribution in [2.24, 2.45) is 5.92 Å². The van der Waals surface area contributed by atoms with Crippen LogP contribution in [0.4, 0.5) is 4.79 Å². The average Bonchev–Trinajstić information content (AvgIpc) is 3.71. The minimum atomic E-state index is -1.01. The second-order valence-electron chi connectivity index (χ2n) is 12.9. The second-order valence-corrected chi connectivity index (χ2v) is 12.9. The Morgan fingerprint density at radius 1 is 0.894 bits per heavy atom. The highest BCUT2D eigenvalue weighted by molar-refractivity contribution is 5.96. The molecule has 0 radical (unpaired) electrons. The molecule has 14 nitrogen and oxygen atoms in total. The first-order valence-corrected chi connectivity index (χ1v) is 16.7. The van der Waals surface area contributed by atoms with E-state index in [2.05, 4.69) is 15.7 Å². The van der Waals surface area contributed by atoms with Gasteiger partial charge in [0.05, 0.1) is 5.69 Å². The lowest BCUT2D eigenvalue weighted by Gasteiger charge is -2.37. The van der Waals surface area contributed by atoms with Crippen LogP contribution >= 0.6 is 0 Å². The number of hydrogen-bond acceptors (Lipinski definition) is 7. The summed E-state index contributed by atoms with van der Waals surface area (Å²) in [7, 11) is 0. The van der Waals surface area contributed by atoms with Gasteiger partial charge >= 0.3 is 6.09 Å². The zero-order valence-corrected chi connectivity index (χ0v) is 26.5. The third-order valence-corrected chi connectivity index (χ3v) is 9.84. The van der Waals surface area contributed by atoms with Gasteiger partial charge in [0, 0.05) is 44.8 Å². The predicted octanol–water partition coefficient (Wildman–Crippen LogP) is 2.02. The molecule has 0 spiro atoms. The van der Waals surface area contributed by atoms with Gasteiger partial charge in [-0.1, -0.05) is 37.5 Å². The van der Waals surface area contributed by atoms with Gasteiger partial charge < -0.3 is 35.2 Å².